The maximum Gasteiger partial charge on any atom is 0.414 e. The van der Waals surface area contributed by atoms with Crippen molar-refractivity contribution in [1.29, 1.82) is 0 Å². The van der Waals surface area contributed by atoms with E-state index in [4.69, 9.17) is 21.7 Å². The third-order valence-electron chi connectivity index (χ3n) is 5.33. The molecule has 1 saturated heterocycles. The number of nitro benzene ring substituents is 1. The first-order valence-corrected chi connectivity index (χ1v) is 11.3. The number of anilines is 2. The highest BCUT2D eigenvalue weighted by molar-refractivity contribution is 7.80. The topological polar surface area (TPSA) is 118 Å². The molecule has 11 nitrogen and oxygen atoms in total. The molecular formula is C23H24FN5O6S. The predicted molar refractivity (Wildman–Crippen MR) is 135 cm³/mol. The largest absolute Gasteiger partial charge is 0.490 e. The van der Waals surface area contributed by atoms with E-state index >= 15 is 0 Å². The number of rotatable bonds is 7. The highest BCUT2D eigenvalue weighted by atomic mass is 32.1. The van der Waals surface area contributed by atoms with Gasteiger partial charge in [0.25, 0.3) is 5.69 Å². The first-order chi connectivity index (χ1) is 17.3. The summed E-state index contributed by atoms with van der Waals surface area (Å²) in [7, 11) is 1.54. The van der Waals surface area contributed by atoms with Crippen LogP contribution in [0, 0.1) is 15.9 Å². The zero-order valence-corrected chi connectivity index (χ0v) is 20.2. The number of hydrogen-bond donors (Lipinski definition) is 0. The molecule has 0 bridgehead atoms. The molecule has 1 atom stereocenters. The molecule has 4 rings (SSSR count). The van der Waals surface area contributed by atoms with Crippen LogP contribution in [0.15, 0.2) is 53.6 Å². The summed E-state index contributed by atoms with van der Waals surface area (Å²) in [5.41, 5.74) is 1.62. The molecule has 0 radical (unpaired) electrons. The fourth-order valence-electron chi connectivity index (χ4n) is 3.38. The lowest BCUT2D eigenvalue weighted by molar-refractivity contribution is -0.384. The number of ether oxygens (including phenoxy) is 2. The van der Waals surface area contributed by atoms with E-state index in [1.54, 1.807) is 18.3 Å². The van der Waals surface area contributed by atoms with E-state index in [1.807, 2.05) is 29.2 Å². The van der Waals surface area contributed by atoms with Gasteiger partial charge in [-0.15, -0.1) is 0 Å². The van der Waals surface area contributed by atoms with Gasteiger partial charge in [0, 0.05) is 36.5 Å². The Balaban J connectivity index is 0.000000303. The van der Waals surface area contributed by atoms with Crippen LogP contribution in [0.25, 0.3) is 0 Å². The molecule has 190 valence electrons. The van der Waals surface area contributed by atoms with Crippen LogP contribution in [0.2, 0.25) is 0 Å². The van der Waals surface area contributed by atoms with Gasteiger partial charge in [0.1, 0.15) is 18.3 Å². The summed E-state index contributed by atoms with van der Waals surface area (Å²) in [4.78, 5) is 35.8. The Morgan fingerprint density at radius 1 is 1.22 bits per heavy atom. The van der Waals surface area contributed by atoms with Gasteiger partial charge < -0.3 is 14.4 Å². The van der Waals surface area contributed by atoms with E-state index in [2.05, 4.69) is 5.10 Å². The third-order valence-corrected chi connectivity index (χ3v) is 5.70. The van der Waals surface area contributed by atoms with E-state index in [-0.39, 0.29) is 17.9 Å². The summed E-state index contributed by atoms with van der Waals surface area (Å²) in [6, 6.07) is 11.9. The molecule has 2 aliphatic heterocycles. The Kier molecular flexibility index (Phi) is 9.22. The minimum Gasteiger partial charge on any atom is -0.490 e. The molecule has 2 aromatic carbocycles. The number of thiocarbonyl (C=S) groups is 1. The number of carbonyl (C=O) groups is 2. The molecule has 0 N–H and O–H groups in total. The molecule has 0 spiro atoms. The lowest BCUT2D eigenvalue weighted by Gasteiger charge is -2.26. The quantitative estimate of drug-likeness (QED) is 0.236. The van der Waals surface area contributed by atoms with Gasteiger partial charge in [-0.2, -0.15) is 5.10 Å². The minimum atomic E-state index is -0.570. The summed E-state index contributed by atoms with van der Waals surface area (Å²) in [5.74, 6) is -0.467. The van der Waals surface area contributed by atoms with Crippen molar-refractivity contribution in [3.05, 3.63) is 64.5 Å². The van der Waals surface area contributed by atoms with Gasteiger partial charge >= 0.3 is 6.09 Å². The normalized spacial score (nSPS) is 16.7. The summed E-state index contributed by atoms with van der Waals surface area (Å²) in [6.45, 7) is 1.68. The molecule has 2 aromatic rings. The number of halogens is 1. The van der Waals surface area contributed by atoms with Crippen LogP contribution in [-0.2, 0) is 14.3 Å². The standard InChI is InChI=1S/C17H20N4O4S.C6H4FNO2/c1-24-16(26)7-6-15-10-21(17(23)25-15)14-4-2-13(3-5-14)19-8-9-20(12-22)18-11-19;7-5-1-3-6(4-2-5)8(9)10/h2-5,11-12,15H,6-10H2,1H3;1-4H/t15-;/m0./s1. The van der Waals surface area contributed by atoms with Crippen molar-refractivity contribution < 1.29 is 28.4 Å². The van der Waals surface area contributed by atoms with Crippen molar-refractivity contribution >= 4 is 53.2 Å². The Bertz CT molecular complexity index is 1110. The average Bonchev–Trinajstić information content (AvgIpc) is 3.28. The van der Waals surface area contributed by atoms with Crippen LogP contribution in [-0.4, -0.2) is 66.7 Å². The average molecular weight is 518 g/mol. The fraction of sp³-hybridized carbons (Fsp3) is 0.304. The van der Waals surface area contributed by atoms with Crippen LogP contribution in [0.3, 0.4) is 0 Å². The van der Waals surface area contributed by atoms with Gasteiger partial charge in [0.15, 0.2) is 5.05 Å². The summed E-state index contributed by atoms with van der Waals surface area (Å²) in [5, 5.41) is 15.9. The number of amides is 2. The van der Waals surface area contributed by atoms with Gasteiger partial charge in [-0.3, -0.25) is 19.8 Å². The van der Waals surface area contributed by atoms with Crippen molar-refractivity contribution in [3.63, 3.8) is 0 Å². The van der Waals surface area contributed by atoms with E-state index in [9.17, 15) is 24.1 Å². The molecule has 0 aliphatic carbocycles. The smallest absolute Gasteiger partial charge is 0.414 e. The second-order valence-electron chi connectivity index (χ2n) is 7.67. The summed E-state index contributed by atoms with van der Waals surface area (Å²) >= 11 is 5.02. The monoisotopic (exact) mass is 517 g/mol. The van der Waals surface area contributed by atoms with E-state index in [0.717, 1.165) is 35.6 Å². The molecule has 36 heavy (non-hydrogen) atoms. The van der Waals surface area contributed by atoms with Gasteiger partial charge in [0.2, 0.25) is 6.41 Å². The number of benzene rings is 2. The number of cyclic esters (lactones) is 1. The van der Waals surface area contributed by atoms with Gasteiger partial charge in [-0.25, -0.2) is 14.2 Å². The molecular weight excluding hydrogens is 493 g/mol. The Morgan fingerprint density at radius 2 is 1.89 bits per heavy atom. The molecule has 13 heteroatoms. The summed E-state index contributed by atoms with van der Waals surface area (Å²) < 4.78 is 22.5. The highest BCUT2D eigenvalue weighted by Gasteiger charge is 2.32. The van der Waals surface area contributed by atoms with Crippen molar-refractivity contribution in [2.75, 3.05) is 36.5 Å². The maximum atomic E-state index is 12.1. The SMILES string of the molecule is COC(=S)CC[C@H]1CN(c2ccc(N3C=NN(C=O)CC3)cc2)C(=O)O1.O=[N+]([O-])c1ccc(F)cc1. The highest BCUT2D eigenvalue weighted by Crippen LogP contribution is 2.26. The predicted octanol–water partition coefficient (Wildman–Crippen LogP) is 3.72. The van der Waals surface area contributed by atoms with Crippen molar-refractivity contribution in [3.8, 4) is 0 Å². The van der Waals surface area contributed by atoms with Gasteiger partial charge in [0.05, 0.1) is 25.1 Å². The van der Waals surface area contributed by atoms with Crippen LogP contribution in [0.4, 0.5) is 26.2 Å². The van der Waals surface area contributed by atoms with Crippen LogP contribution >= 0.6 is 12.2 Å². The first-order valence-electron chi connectivity index (χ1n) is 10.9. The second-order valence-corrected chi connectivity index (χ2v) is 8.13. The molecule has 1 fully saturated rings. The van der Waals surface area contributed by atoms with Crippen molar-refractivity contribution in [2.45, 2.75) is 18.9 Å². The van der Waals surface area contributed by atoms with Crippen LogP contribution in [0.1, 0.15) is 12.8 Å². The van der Waals surface area contributed by atoms with Crippen molar-refractivity contribution in [1.82, 2.24) is 5.01 Å². The zero-order valence-electron chi connectivity index (χ0n) is 19.4. The molecule has 2 aliphatic rings. The second kappa shape index (κ2) is 12.5. The van der Waals surface area contributed by atoms with Gasteiger partial charge in [-0.1, -0.05) is 0 Å². The van der Waals surface area contributed by atoms with Crippen molar-refractivity contribution in [2.24, 2.45) is 5.10 Å². The van der Waals surface area contributed by atoms with E-state index in [1.165, 1.54) is 5.01 Å². The first kappa shape index (κ1) is 26.5. The van der Waals surface area contributed by atoms with Crippen LogP contribution < -0.4 is 9.80 Å². The maximum absolute atomic E-state index is 12.1. The van der Waals surface area contributed by atoms with Gasteiger partial charge in [-0.05, 0) is 55.0 Å². The fourth-order valence-corrected chi connectivity index (χ4v) is 3.50. The summed E-state index contributed by atoms with van der Waals surface area (Å²) in [6.07, 6.45) is 3.00. The molecule has 0 saturated carbocycles. The van der Waals surface area contributed by atoms with E-state index in [0.29, 0.717) is 43.9 Å². The number of nitrogens with zero attached hydrogens (tertiary/aromatic N) is 5. The zero-order chi connectivity index (χ0) is 26.1. The number of hydrogen-bond acceptors (Lipinski definition) is 9. The molecule has 2 amide bonds. The lowest BCUT2D eigenvalue weighted by Crippen LogP contribution is -2.37. The minimum absolute atomic E-state index is 0.0959. The Morgan fingerprint density at radius 3 is 2.44 bits per heavy atom. The van der Waals surface area contributed by atoms with Crippen LogP contribution in [0.5, 0.6) is 0 Å². The number of methoxy groups -OCH3 is 1. The molecule has 2 heterocycles. The Labute approximate surface area is 211 Å². The lowest BCUT2D eigenvalue weighted by atomic mass is 10.2. The number of carbonyl (C=O) groups excluding carboxylic acids is 2. The molecule has 0 unspecified atom stereocenters. The van der Waals surface area contributed by atoms with E-state index < -0.39 is 10.7 Å². The number of nitro groups is 1. The number of non-ortho nitro benzene ring substituents is 1. The third kappa shape index (κ3) is 7.18. The molecule has 0 aromatic heterocycles. The number of hydrazone groups is 1. The Hall–Kier alpha value is -4.13.